The van der Waals surface area contributed by atoms with Crippen molar-refractivity contribution in [1.82, 2.24) is 0 Å². The molecule has 0 nitrogen and oxygen atoms in total. The maximum Gasteiger partial charge on any atom is 0.0639 e. The van der Waals surface area contributed by atoms with Crippen LogP contribution in [-0.4, -0.2) is 9.52 Å². The third-order valence-corrected chi connectivity index (χ3v) is 10.6. The molecule has 1 heteroatoms. The molecule has 0 amide bonds. The van der Waals surface area contributed by atoms with Crippen molar-refractivity contribution in [1.29, 1.82) is 0 Å². The Bertz CT molecular complexity index is 860. The molecule has 2 aromatic carbocycles. The van der Waals surface area contributed by atoms with Gasteiger partial charge < -0.3 is 0 Å². The van der Waals surface area contributed by atoms with Gasteiger partial charge >= 0.3 is 0 Å². The highest BCUT2D eigenvalue weighted by Gasteiger charge is 2.27. The monoisotopic (exact) mass is 430 g/mol. The summed E-state index contributed by atoms with van der Waals surface area (Å²) in [5.41, 5.74) is 11.3. The number of unbranched alkanes of at least 4 members (excludes halogenated alkanes) is 2. The van der Waals surface area contributed by atoms with Crippen molar-refractivity contribution in [3.63, 3.8) is 0 Å². The fourth-order valence-corrected chi connectivity index (χ4v) is 7.71. The summed E-state index contributed by atoms with van der Waals surface area (Å²) in [5, 5.41) is 1.77. The molecular weight excluding hydrogens is 388 g/mol. The van der Waals surface area contributed by atoms with Crippen LogP contribution in [0.1, 0.15) is 95.0 Å². The molecule has 2 aromatic rings. The summed E-state index contributed by atoms with van der Waals surface area (Å²) in [6.07, 6.45) is 7.50. The Balaban J connectivity index is 1.91. The van der Waals surface area contributed by atoms with Crippen LogP contribution in [0.3, 0.4) is 0 Å². The lowest BCUT2D eigenvalue weighted by Gasteiger charge is -2.22. The van der Waals surface area contributed by atoms with Crippen LogP contribution < -0.4 is 0 Å². The lowest BCUT2D eigenvalue weighted by atomic mass is 9.99. The number of aryl methyl sites for hydroxylation is 2. The SMILES string of the molecule is CCCCc1ccc(C([SiH2]C2=C(C)C(C)=C(C)C2C)c2ccc(CCCC)cc2)cc1. The molecule has 0 heterocycles. The highest BCUT2D eigenvalue weighted by molar-refractivity contribution is 6.49. The van der Waals surface area contributed by atoms with Crippen LogP contribution in [-0.2, 0) is 12.8 Å². The Morgan fingerprint density at radius 1 is 0.710 bits per heavy atom. The van der Waals surface area contributed by atoms with Crippen LogP contribution in [0.2, 0.25) is 0 Å². The first kappa shape index (κ1) is 23.8. The minimum absolute atomic E-state index is 0.472. The van der Waals surface area contributed by atoms with Gasteiger partial charge in [0.2, 0.25) is 0 Å². The zero-order chi connectivity index (χ0) is 22.4. The van der Waals surface area contributed by atoms with E-state index in [1.54, 1.807) is 21.9 Å². The zero-order valence-corrected chi connectivity index (χ0v) is 22.1. The summed E-state index contributed by atoms with van der Waals surface area (Å²) in [4.78, 5) is 0. The molecule has 1 unspecified atom stereocenters. The zero-order valence-electron chi connectivity index (χ0n) is 20.7. The van der Waals surface area contributed by atoms with E-state index in [1.807, 2.05) is 0 Å². The average Bonchev–Trinajstić information content (AvgIpc) is 2.98. The number of benzene rings is 2. The van der Waals surface area contributed by atoms with Gasteiger partial charge in [-0.1, -0.05) is 98.5 Å². The molecule has 0 saturated heterocycles. The van der Waals surface area contributed by atoms with Crippen LogP contribution >= 0.6 is 0 Å². The fourth-order valence-electron chi connectivity index (χ4n) is 5.02. The van der Waals surface area contributed by atoms with Crippen molar-refractivity contribution >= 4 is 9.52 Å². The van der Waals surface area contributed by atoms with Gasteiger partial charge in [0.15, 0.2) is 0 Å². The van der Waals surface area contributed by atoms with Gasteiger partial charge in [0.05, 0.1) is 9.52 Å². The molecule has 1 aliphatic carbocycles. The predicted octanol–water partition coefficient (Wildman–Crippen LogP) is 7.89. The second kappa shape index (κ2) is 11.1. The van der Waals surface area contributed by atoms with Gasteiger partial charge in [-0.3, -0.25) is 0 Å². The van der Waals surface area contributed by atoms with E-state index in [4.69, 9.17) is 0 Å². The van der Waals surface area contributed by atoms with E-state index in [1.165, 1.54) is 60.8 Å². The van der Waals surface area contributed by atoms with Gasteiger partial charge in [-0.05, 0) is 80.2 Å². The van der Waals surface area contributed by atoms with Crippen LogP contribution in [0.25, 0.3) is 0 Å². The lowest BCUT2D eigenvalue weighted by molar-refractivity contribution is 0.794. The lowest BCUT2D eigenvalue weighted by Crippen LogP contribution is -2.17. The number of hydrogen-bond acceptors (Lipinski definition) is 0. The molecule has 3 rings (SSSR count). The van der Waals surface area contributed by atoms with E-state index in [-0.39, 0.29) is 0 Å². The maximum absolute atomic E-state index is 2.43. The topological polar surface area (TPSA) is 0 Å². The van der Waals surface area contributed by atoms with Gasteiger partial charge in [-0.15, -0.1) is 0 Å². The summed E-state index contributed by atoms with van der Waals surface area (Å²) in [7, 11) is -0.472. The molecule has 0 spiro atoms. The molecule has 0 saturated carbocycles. The van der Waals surface area contributed by atoms with Crippen molar-refractivity contribution in [3.05, 3.63) is 92.7 Å². The Labute approximate surface area is 193 Å². The summed E-state index contributed by atoms with van der Waals surface area (Å²) in [5.74, 6) is 0.627. The summed E-state index contributed by atoms with van der Waals surface area (Å²) >= 11 is 0. The van der Waals surface area contributed by atoms with E-state index in [0.29, 0.717) is 11.5 Å². The van der Waals surface area contributed by atoms with Gasteiger partial charge in [-0.25, -0.2) is 0 Å². The number of hydrogen-bond donors (Lipinski definition) is 0. The fraction of sp³-hybridized carbons (Fsp3) is 0.467. The first-order valence-electron chi connectivity index (χ1n) is 12.5. The van der Waals surface area contributed by atoms with Gasteiger partial charge in [0.25, 0.3) is 0 Å². The maximum atomic E-state index is 2.43. The van der Waals surface area contributed by atoms with E-state index >= 15 is 0 Å². The van der Waals surface area contributed by atoms with Gasteiger partial charge in [0, 0.05) is 5.54 Å². The Kier molecular flexibility index (Phi) is 8.55. The van der Waals surface area contributed by atoms with E-state index in [2.05, 4.69) is 90.1 Å². The van der Waals surface area contributed by atoms with Crippen LogP contribution in [0.5, 0.6) is 0 Å². The summed E-state index contributed by atoms with van der Waals surface area (Å²) in [6.45, 7) is 14.0. The quantitative estimate of drug-likeness (QED) is 0.336. The second-order valence-electron chi connectivity index (χ2n) is 9.63. The smallest absolute Gasteiger partial charge is 0.0639 e. The number of allylic oxidation sites excluding steroid dienone is 4. The highest BCUT2D eigenvalue weighted by Crippen LogP contribution is 2.39. The molecule has 0 N–H and O–H groups in total. The standard InChI is InChI=1S/C30H42Si/c1-7-9-11-25-13-17-27(18-14-25)30(28-19-15-26(16-20-28)12-10-8-2)31-29-23(5)21(3)22(4)24(29)6/h13-20,23,30H,7-12,31H2,1-6H3. The average molecular weight is 431 g/mol. The molecule has 0 aliphatic heterocycles. The van der Waals surface area contributed by atoms with Crippen molar-refractivity contribution in [2.75, 3.05) is 0 Å². The van der Waals surface area contributed by atoms with Gasteiger partial charge in [-0.2, -0.15) is 0 Å². The van der Waals surface area contributed by atoms with Crippen LogP contribution in [0.15, 0.2) is 70.4 Å². The van der Waals surface area contributed by atoms with Gasteiger partial charge in [0.1, 0.15) is 0 Å². The summed E-state index contributed by atoms with van der Waals surface area (Å²) in [6, 6.07) is 19.2. The molecule has 166 valence electrons. The van der Waals surface area contributed by atoms with E-state index in [9.17, 15) is 0 Å². The molecule has 31 heavy (non-hydrogen) atoms. The molecular formula is C30H42Si. The minimum Gasteiger partial charge on any atom is -0.0771 e. The number of rotatable bonds is 10. The minimum atomic E-state index is -0.472. The van der Waals surface area contributed by atoms with E-state index < -0.39 is 9.52 Å². The summed E-state index contributed by atoms with van der Waals surface area (Å²) < 4.78 is 0. The van der Waals surface area contributed by atoms with E-state index in [0.717, 1.165) is 0 Å². The Morgan fingerprint density at radius 2 is 1.16 bits per heavy atom. The molecule has 0 radical (unpaired) electrons. The Morgan fingerprint density at radius 3 is 1.52 bits per heavy atom. The molecule has 1 aliphatic rings. The molecule has 1 atom stereocenters. The molecule has 0 aromatic heterocycles. The Hall–Kier alpha value is -1.86. The van der Waals surface area contributed by atoms with Crippen molar-refractivity contribution in [3.8, 4) is 0 Å². The third kappa shape index (κ3) is 5.69. The second-order valence-corrected chi connectivity index (χ2v) is 11.6. The van der Waals surface area contributed by atoms with Crippen molar-refractivity contribution in [2.45, 2.75) is 85.6 Å². The first-order chi connectivity index (χ1) is 15.0. The predicted molar refractivity (Wildman–Crippen MR) is 141 cm³/mol. The third-order valence-electron chi connectivity index (χ3n) is 7.63. The molecule has 0 bridgehead atoms. The van der Waals surface area contributed by atoms with Crippen molar-refractivity contribution < 1.29 is 0 Å². The van der Waals surface area contributed by atoms with Crippen LogP contribution in [0, 0.1) is 5.92 Å². The molecule has 0 fully saturated rings. The van der Waals surface area contributed by atoms with Crippen LogP contribution in [0.4, 0.5) is 0 Å². The largest absolute Gasteiger partial charge is 0.0771 e. The van der Waals surface area contributed by atoms with Crippen molar-refractivity contribution in [2.24, 2.45) is 5.92 Å². The highest BCUT2D eigenvalue weighted by atomic mass is 28.2. The first-order valence-corrected chi connectivity index (χ1v) is 14.0. The normalized spacial score (nSPS) is 17.1.